The molecule has 0 aliphatic carbocycles. The number of amides is 2. The van der Waals surface area contributed by atoms with Crippen LogP contribution in [0.5, 0.6) is 0 Å². The molecule has 27 heavy (non-hydrogen) atoms. The molecule has 0 spiro atoms. The number of benzene rings is 1. The van der Waals surface area contributed by atoms with Gasteiger partial charge in [-0.1, -0.05) is 18.7 Å². The van der Waals surface area contributed by atoms with Crippen molar-refractivity contribution in [3.63, 3.8) is 0 Å². The van der Waals surface area contributed by atoms with Crippen molar-refractivity contribution >= 4 is 29.3 Å². The van der Waals surface area contributed by atoms with Gasteiger partial charge >= 0.3 is 5.69 Å². The Morgan fingerprint density at radius 2 is 1.96 bits per heavy atom. The Kier molecular flexibility index (Phi) is 7.05. The van der Waals surface area contributed by atoms with Crippen molar-refractivity contribution in [2.45, 2.75) is 25.0 Å². The number of aromatic amines is 1. The third-order valence-electron chi connectivity index (χ3n) is 3.26. The molecule has 1 heterocycles. The standard InChI is InChI=1S/C15H16F3N5O3S/c1-2-5-23-14(26)21-22-15(23)27-7-11(25)19-6-10(24)20-9-4-3-8(16)12(17)13(9)18/h3-4H,2,5-7H2,1H3,(H,19,25)(H,20,24)(H,21,26). The first kappa shape index (κ1) is 20.6. The Labute approximate surface area is 155 Å². The lowest BCUT2D eigenvalue weighted by atomic mass is 10.2. The second-order valence-corrected chi connectivity index (χ2v) is 6.24. The maximum atomic E-state index is 13.5. The fourth-order valence-electron chi connectivity index (χ4n) is 2.01. The van der Waals surface area contributed by atoms with Crippen LogP contribution in [0.3, 0.4) is 0 Å². The van der Waals surface area contributed by atoms with E-state index in [2.05, 4.69) is 15.5 Å². The minimum absolute atomic E-state index is 0.110. The molecule has 3 N–H and O–H groups in total. The zero-order valence-electron chi connectivity index (χ0n) is 14.1. The minimum atomic E-state index is -1.70. The number of aromatic nitrogens is 3. The number of anilines is 1. The van der Waals surface area contributed by atoms with Gasteiger partial charge in [0.15, 0.2) is 22.6 Å². The van der Waals surface area contributed by atoms with Crippen molar-refractivity contribution < 1.29 is 22.8 Å². The number of halogens is 3. The molecule has 8 nitrogen and oxygen atoms in total. The minimum Gasteiger partial charge on any atom is -0.346 e. The molecule has 0 radical (unpaired) electrons. The van der Waals surface area contributed by atoms with Gasteiger partial charge in [-0.3, -0.25) is 14.2 Å². The zero-order valence-corrected chi connectivity index (χ0v) is 15.0. The van der Waals surface area contributed by atoms with Gasteiger partial charge in [0.05, 0.1) is 18.0 Å². The lowest BCUT2D eigenvalue weighted by Gasteiger charge is -2.08. The van der Waals surface area contributed by atoms with E-state index in [4.69, 9.17) is 0 Å². The van der Waals surface area contributed by atoms with E-state index in [1.165, 1.54) is 4.57 Å². The van der Waals surface area contributed by atoms with Crippen molar-refractivity contribution in [3.05, 3.63) is 40.1 Å². The van der Waals surface area contributed by atoms with Gasteiger partial charge in [-0.2, -0.15) is 0 Å². The summed E-state index contributed by atoms with van der Waals surface area (Å²) in [6.45, 7) is 1.83. The third-order valence-corrected chi connectivity index (χ3v) is 4.23. The van der Waals surface area contributed by atoms with E-state index in [0.717, 1.165) is 17.8 Å². The highest BCUT2D eigenvalue weighted by Crippen LogP contribution is 2.19. The highest BCUT2D eigenvalue weighted by molar-refractivity contribution is 7.99. The fraction of sp³-hybridized carbons (Fsp3) is 0.333. The van der Waals surface area contributed by atoms with Crippen LogP contribution in [-0.2, 0) is 16.1 Å². The van der Waals surface area contributed by atoms with Crippen LogP contribution in [0.4, 0.5) is 18.9 Å². The Balaban J connectivity index is 1.83. The number of carbonyl (C=O) groups excluding carboxylic acids is 2. The Bertz CT molecular complexity index is 899. The number of hydrogen-bond donors (Lipinski definition) is 3. The predicted octanol–water partition coefficient (Wildman–Crippen LogP) is 1.25. The summed E-state index contributed by atoms with van der Waals surface area (Å²) >= 11 is 1.00. The van der Waals surface area contributed by atoms with Crippen molar-refractivity contribution in [3.8, 4) is 0 Å². The Morgan fingerprint density at radius 3 is 2.67 bits per heavy atom. The number of carbonyl (C=O) groups is 2. The summed E-state index contributed by atoms with van der Waals surface area (Å²) in [6, 6.07) is 1.54. The van der Waals surface area contributed by atoms with Gasteiger partial charge in [0.1, 0.15) is 0 Å². The van der Waals surface area contributed by atoms with Gasteiger partial charge in [0.25, 0.3) is 0 Å². The van der Waals surface area contributed by atoms with Crippen LogP contribution in [0.2, 0.25) is 0 Å². The summed E-state index contributed by atoms with van der Waals surface area (Å²) in [5.74, 6) is -6.07. The molecule has 0 bridgehead atoms. The van der Waals surface area contributed by atoms with Crippen LogP contribution < -0.4 is 16.3 Å². The Morgan fingerprint density at radius 1 is 1.22 bits per heavy atom. The third kappa shape index (κ3) is 5.36. The predicted molar refractivity (Wildman–Crippen MR) is 91.8 cm³/mol. The smallest absolute Gasteiger partial charge is 0.343 e. The molecule has 1 aromatic carbocycles. The summed E-state index contributed by atoms with van der Waals surface area (Å²) in [6.07, 6.45) is 0.708. The van der Waals surface area contributed by atoms with E-state index >= 15 is 0 Å². The lowest BCUT2D eigenvalue weighted by molar-refractivity contribution is -0.122. The molecule has 2 amide bonds. The first-order valence-corrected chi connectivity index (χ1v) is 8.80. The van der Waals surface area contributed by atoms with Crippen molar-refractivity contribution in [1.29, 1.82) is 0 Å². The van der Waals surface area contributed by atoms with E-state index in [1.54, 1.807) is 0 Å². The topological polar surface area (TPSA) is 109 Å². The lowest BCUT2D eigenvalue weighted by Crippen LogP contribution is -2.34. The van der Waals surface area contributed by atoms with Gasteiger partial charge in [-0.05, 0) is 18.6 Å². The number of nitrogens with zero attached hydrogens (tertiary/aromatic N) is 2. The molecule has 0 atom stereocenters. The van der Waals surface area contributed by atoms with Crippen LogP contribution in [0.15, 0.2) is 22.1 Å². The molecule has 0 fully saturated rings. The summed E-state index contributed by atoms with van der Waals surface area (Å²) in [5.41, 5.74) is -0.921. The molecule has 2 rings (SSSR count). The van der Waals surface area contributed by atoms with Crippen molar-refractivity contribution in [2.24, 2.45) is 0 Å². The molecule has 0 aliphatic heterocycles. The van der Waals surface area contributed by atoms with Crippen LogP contribution in [0.25, 0.3) is 0 Å². The Hall–Kier alpha value is -2.76. The first-order chi connectivity index (χ1) is 12.8. The highest BCUT2D eigenvalue weighted by Gasteiger charge is 2.16. The summed E-state index contributed by atoms with van der Waals surface area (Å²) in [4.78, 5) is 35.0. The van der Waals surface area contributed by atoms with Crippen LogP contribution in [-0.4, -0.2) is 38.9 Å². The molecule has 0 unspecified atom stereocenters. The number of nitrogens with one attached hydrogen (secondary N) is 3. The molecule has 2 aromatic rings. The van der Waals surface area contributed by atoms with Gasteiger partial charge in [0.2, 0.25) is 11.8 Å². The van der Waals surface area contributed by atoms with Gasteiger partial charge in [-0.25, -0.2) is 23.1 Å². The summed E-state index contributed by atoms with van der Waals surface area (Å²) in [7, 11) is 0. The normalized spacial score (nSPS) is 10.7. The summed E-state index contributed by atoms with van der Waals surface area (Å²) in [5, 5.41) is 10.7. The van der Waals surface area contributed by atoms with Gasteiger partial charge < -0.3 is 10.6 Å². The van der Waals surface area contributed by atoms with Gasteiger partial charge in [0, 0.05) is 6.54 Å². The molecule has 12 heteroatoms. The largest absolute Gasteiger partial charge is 0.346 e. The molecule has 146 valence electrons. The van der Waals surface area contributed by atoms with E-state index < -0.39 is 41.5 Å². The number of rotatable bonds is 8. The monoisotopic (exact) mass is 403 g/mol. The molecule has 0 saturated heterocycles. The maximum absolute atomic E-state index is 13.5. The molecule has 1 aromatic heterocycles. The van der Waals surface area contributed by atoms with Crippen molar-refractivity contribution in [1.82, 2.24) is 20.1 Å². The first-order valence-electron chi connectivity index (χ1n) is 7.81. The highest BCUT2D eigenvalue weighted by atomic mass is 32.2. The second-order valence-electron chi connectivity index (χ2n) is 5.30. The van der Waals surface area contributed by atoms with Crippen LogP contribution in [0, 0.1) is 17.5 Å². The number of hydrogen-bond acceptors (Lipinski definition) is 5. The maximum Gasteiger partial charge on any atom is 0.343 e. The zero-order chi connectivity index (χ0) is 20.0. The van der Waals surface area contributed by atoms with Crippen molar-refractivity contribution in [2.75, 3.05) is 17.6 Å². The quantitative estimate of drug-likeness (QED) is 0.454. The number of thioether (sulfide) groups is 1. The van der Waals surface area contributed by atoms with Crippen LogP contribution in [0.1, 0.15) is 13.3 Å². The summed E-state index contributed by atoms with van der Waals surface area (Å²) < 4.78 is 40.8. The van der Waals surface area contributed by atoms with E-state index in [1.807, 2.05) is 12.2 Å². The molecular formula is C15H16F3N5O3S. The van der Waals surface area contributed by atoms with E-state index in [0.29, 0.717) is 24.2 Å². The average molecular weight is 403 g/mol. The fourth-order valence-corrected chi connectivity index (χ4v) is 2.81. The molecule has 0 aliphatic rings. The molecule has 0 saturated carbocycles. The van der Waals surface area contributed by atoms with Gasteiger partial charge in [-0.15, -0.1) is 5.10 Å². The second kappa shape index (κ2) is 9.26. The number of H-pyrrole nitrogens is 1. The average Bonchev–Trinajstić information content (AvgIpc) is 2.99. The van der Waals surface area contributed by atoms with E-state index in [-0.39, 0.29) is 11.4 Å². The molecular weight excluding hydrogens is 387 g/mol. The van der Waals surface area contributed by atoms with E-state index in [9.17, 15) is 27.6 Å². The van der Waals surface area contributed by atoms with Crippen LogP contribution >= 0.6 is 11.8 Å². The SMILES string of the molecule is CCCn1c(SCC(=O)NCC(=O)Nc2ccc(F)c(F)c2F)n[nH]c1=O.